The highest BCUT2D eigenvalue weighted by Crippen LogP contribution is 2.31. The molecule has 0 radical (unpaired) electrons. The molecule has 1 saturated heterocycles. The Bertz CT molecular complexity index is 1370. The minimum absolute atomic E-state index is 0.205. The Kier molecular flexibility index (Phi) is 7.62. The number of nitrogens with zero attached hydrogens (tertiary/aromatic N) is 1. The van der Waals surface area contributed by atoms with E-state index >= 15 is 0 Å². The van der Waals surface area contributed by atoms with Crippen LogP contribution in [0.15, 0.2) is 66.2 Å². The number of carbonyl (C=O) groups is 3. The molecule has 7 nitrogen and oxygen atoms in total. The molecule has 184 valence electrons. The summed E-state index contributed by atoms with van der Waals surface area (Å²) in [6.07, 6.45) is 1.40. The molecule has 4 amide bonds. The number of carbonyl (C=O) groups excluding carboxylic acids is 3. The van der Waals surface area contributed by atoms with Gasteiger partial charge in [-0.3, -0.25) is 14.9 Å². The van der Waals surface area contributed by atoms with Crippen LogP contribution >= 0.6 is 23.2 Å². The predicted molar refractivity (Wildman–Crippen MR) is 139 cm³/mol. The lowest BCUT2D eigenvalue weighted by molar-refractivity contribution is -0.122. The van der Waals surface area contributed by atoms with Crippen LogP contribution in [-0.4, -0.2) is 24.5 Å². The summed E-state index contributed by atoms with van der Waals surface area (Å²) in [6, 6.07) is 16.3. The molecule has 0 spiro atoms. The number of hydrogen-bond donors (Lipinski definition) is 1. The van der Waals surface area contributed by atoms with Crippen LogP contribution in [0.2, 0.25) is 10.0 Å². The highest BCUT2D eigenvalue weighted by Gasteiger charge is 2.37. The summed E-state index contributed by atoms with van der Waals surface area (Å²) in [5, 5.41) is 3.24. The minimum atomic E-state index is -0.844. The van der Waals surface area contributed by atoms with E-state index < -0.39 is 17.8 Å². The molecule has 1 heterocycles. The highest BCUT2D eigenvalue weighted by atomic mass is 35.5. The molecule has 0 bridgehead atoms. The SMILES string of the molecule is CCOc1cc(/C=C2/C(=O)NC(=O)N(c3ccc(C)c(Cl)c3)C2=O)ccc1OCc1ccc(Cl)cc1. The fourth-order valence-electron chi connectivity index (χ4n) is 3.52. The Hall–Kier alpha value is -3.81. The molecule has 0 aliphatic carbocycles. The van der Waals surface area contributed by atoms with E-state index in [4.69, 9.17) is 32.7 Å². The smallest absolute Gasteiger partial charge is 0.335 e. The lowest BCUT2D eigenvalue weighted by atomic mass is 10.1. The summed E-state index contributed by atoms with van der Waals surface area (Å²) in [4.78, 5) is 39.1. The zero-order valence-electron chi connectivity index (χ0n) is 19.5. The molecule has 36 heavy (non-hydrogen) atoms. The standard InChI is InChI=1S/C27H22Cl2N2O5/c1-3-35-24-13-18(7-11-23(24)36-15-17-5-8-19(28)9-6-17)12-21-25(32)30-27(34)31(26(21)33)20-10-4-16(2)22(29)14-20/h4-14H,3,15H2,1-2H3,(H,30,32,34)/b21-12-. The maximum absolute atomic E-state index is 13.2. The molecule has 0 aromatic heterocycles. The molecule has 1 aliphatic rings. The topological polar surface area (TPSA) is 84.9 Å². The van der Waals surface area contributed by atoms with Crippen molar-refractivity contribution in [2.45, 2.75) is 20.5 Å². The van der Waals surface area contributed by atoms with E-state index in [1.807, 2.05) is 19.1 Å². The van der Waals surface area contributed by atoms with Crippen LogP contribution in [0.1, 0.15) is 23.6 Å². The fourth-order valence-corrected chi connectivity index (χ4v) is 3.82. The maximum Gasteiger partial charge on any atom is 0.335 e. The van der Waals surface area contributed by atoms with Crippen molar-refractivity contribution >= 4 is 52.8 Å². The van der Waals surface area contributed by atoms with Crippen LogP contribution in [0, 0.1) is 6.92 Å². The van der Waals surface area contributed by atoms with E-state index in [0.717, 1.165) is 16.0 Å². The largest absolute Gasteiger partial charge is 0.490 e. The maximum atomic E-state index is 13.2. The van der Waals surface area contributed by atoms with Gasteiger partial charge in [0.2, 0.25) is 0 Å². The number of barbiturate groups is 1. The first kappa shape index (κ1) is 25.3. The molecule has 3 aromatic rings. The number of benzene rings is 3. The average Bonchev–Trinajstić information content (AvgIpc) is 2.84. The van der Waals surface area contributed by atoms with Gasteiger partial charge >= 0.3 is 6.03 Å². The Labute approximate surface area is 218 Å². The van der Waals surface area contributed by atoms with Crippen LogP contribution in [0.5, 0.6) is 11.5 Å². The number of ether oxygens (including phenoxy) is 2. The van der Waals surface area contributed by atoms with Gasteiger partial charge in [0.1, 0.15) is 12.2 Å². The summed E-state index contributed by atoms with van der Waals surface area (Å²) in [6.45, 7) is 4.32. The Balaban J connectivity index is 1.61. The molecule has 0 unspecified atom stereocenters. The van der Waals surface area contributed by atoms with Crippen molar-refractivity contribution < 1.29 is 23.9 Å². The number of rotatable bonds is 7. The molecule has 0 atom stereocenters. The summed E-state index contributed by atoms with van der Waals surface area (Å²) in [7, 11) is 0. The van der Waals surface area contributed by atoms with Crippen LogP contribution in [-0.2, 0) is 16.2 Å². The van der Waals surface area contributed by atoms with Crippen molar-refractivity contribution in [3.63, 3.8) is 0 Å². The monoisotopic (exact) mass is 524 g/mol. The molecular formula is C27H22Cl2N2O5. The normalized spacial score (nSPS) is 14.7. The quantitative estimate of drug-likeness (QED) is 0.305. The van der Waals surface area contributed by atoms with E-state index in [0.29, 0.717) is 40.3 Å². The summed E-state index contributed by atoms with van der Waals surface area (Å²) in [5.41, 5.74) is 2.29. The zero-order valence-corrected chi connectivity index (χ0v) is 21.0. The number of hydrogen-bond acceptors (Lipinski definition) is 5. The van der Waals surface area contributed by atoms with Crippen molar-refractivity contribution in [2.75, 3.05) is 11.5 Å². The van der Waals surface area contributed by atoms with Gasteiger partial charge in [0, 0.05) is 10.0 Å². The molecule has 1 fully saturated rings. The number of nitrogens with one attached hydrogen (secondary N) is 1. The van der Waals surface area contributed by atoms with Crippen LogP contribution < -0.4 is 19.7 Å². The summed E-state index contributed by atoms with van der Waals surface area (Å²) in [5.74, 6) is -0.604. The van der Waals surface area contributed by atoms with Crippen molar-refractivity contribution in [3.8, 4) is 11.5 Å². The van der Waals surface area contributed by atoms with Crippen LogP contribution in [0.3, 0.4) is 0 Å². The second kappa shape index (κ2) is 10.8. The second-order valence-corrected chi connectivity index (χ2v) is 8.79. The second-order valence-electron chi connectivity index (χ2n) is 7.95. The zero-order chi connectivity index (χ0) is 25.8. The Morgan fingerprint density at radius 1 is 0.917 bits per heavy atom. The van der Waals surface area contributed by atoms with E-state index in [1.165, 1.54) is 12.1 Å². The van der Waals surface area contributed by atoms with Crippen molar-refractivity contribution in [1.82, 2.24) is 5.32 Å². The first-order chi connectivity index (χ1) is 17.3. The van der Waals surface area contributed by atoms with Crippen molar-refractivity contribution in [3.05, 3.63) is 93.0 Å². The molecule has 3 aromatic carbocycles. The van der Waals surface area contributed by atoms with E-state index in [-0.39, 0.29) is 11.3 Å². The van der Waals surface area contributed by atoms with Gasteiger partial charge in [-0.05, 0) is 73.0 Å². The number of urea groups is 1. The number of aryl methyl sites for hydroxylation is 1. The molecule has 4 rings (SSSR count). The summed E-state index contributed by atoms with van der Waals surface area (Å²) >= 11 is 12.1. The van der Waals surface area contributed by atoms with E-state index in [2.05, 4.69) is 5.32 Å². The number of halogens is 2. The predicted octanol–water partition coefficient (Wildman–Crippen LogP) is 5.95. The van der Waals surface area contributed by atoms with Gasteiger partial charge in [0.25, 0.3) is 11.8 Å². The third kappa shape index (κ3) is 5.53. The fraction of sp³-hybridized carbons (Fsp3) is 0.148. The van der Waals surface area contributed by atoms with E-state index in [9.17, 15) is 14.4 Å². The lowest BCUT2D eigenvalue weighted by Crippen LogP contribution is -2.54. The lowest BCUT2D eigenvalue weighted by Gasteiger charge is -2.26. The first-order valence-corrected chi connectivity index (χ1v) is 11.8. The average molecular weight is 525 g/mol. The molecule has 1 N–H and O–H groups in total. The molecule has 1 aliphatic heterocycles. The number of imide groups is 2. The van der Waals surface area contributed by atoms with Gasteiger partial charge in [-0.1, -0.05) is 47.5 Å². The minimum Gasteiger partial charge on any atom is -0.490 e. The highest BCUT2D eigenvalue weighted by molar-refractivity contribution is 6.39. The first-order valence-electron chi connectivity index (χ1n) is 11.1. The number of anilines is 1. The van der Waals surface area contributed by atoms with Gasteiger partial charge in [0.15, 0.2) is 11.5 Å². The van der Waals surface area contributed by atoms with Crippen molar-refractivity contribution in [1.29, 1.82) is 0 Å². The van der Waals surface area contributed by atoms with Crippen LogP contribution in [0.4, 0.5) is 10.5 Å². The third-order valence-electron chi connectivity index (χ3n) is 5.40. The molecular weight excluding hydrogens is 503 g/mol. The van der Waals surface area contributed by atoms with Crippen LogP contribution in [0.25, 0.3) is 6.08 Å². The van der Waals surface area contributed by atoms with Gasteiger partial charge in [-0.15, -0.1) is 0 Å². The molecule has 0 saturated carbocycles. The van der Waals surface area contributed by atoms with Gasteiger partial charge < -0.3 is 9.47 Å². The van der Waals surface area contributed by atoms with Gasteiger partial charge in [-0.25, -0.2) is 9.69 Å². The Morgan fingerprint density at radius 3 is 2.36 bits per heavy atom. The van der Waals surface area contributed by atoms with Crippen molar-refractivity contribution in [2.24, 2.45) is 0 Å². The van der Waals surface area contributed by atoms with Gasteiger partial charge in [0.05, 0.1) is 12.3 Å². The third-order valence-corrected chi connectivity index (χ3v) is 6.06. The van der Waals surface area contributed by atoms with Gasteiger partial charge in [-0.2, -0.15) is 0 Å². The molecule has 9 heteroatoms. The number of amides is 4. The van der Waals surface area contributed by atoms with E-state index in [1.54, 1.807) is 49.4 Å². The summed E-state index contributed by atoms with van der Waals surface area (Å²) < 4.78 is 11.6. The Morgan fingerprint density at radius 2 is 1.67 bits per heavy atom.